The molecule has 2 N–H and O–H groups in total. The summed E-state index contributed by atoms with van der Waals surface area (Å²) in [5.41, 5.74) is 0.998. The number of nitrogens with one attached hydrogen (secondary N) is 2. The van der Waals surface area contributed by atoms with E-state index in [-0.39, 0.29) is 24.0 Å². The molecular formula is C20H30IN3O3S. The Balaban J connectivity index is 0.00000392. The Morgan fingerprint density at radius 1 is 1.04 bits per heavy atom. The topological polar surface area (TPSA) is 64.1 Å². The van der Waals surface area contributed by atoms with Gasteiger partial charge in [-0.3, -0.25) is 0 Å². The molecule has 156 valence electrons. The van der Waals surface area contributed by atoms with Crippen LogP contribution in [0.5, 0.6) is 17.2 Å². The number of guanidine groups is 1. The molecule has 0 aliphatic heterocycles. The Labute approximate surface area is 188 Å². The number of aliphatic imine (C=N–C) groups is 1. The van der Waals surface area contributed by atoms with Crippen molar-refractivity contribution in [2.75, 3.05) is 34.4 Å². The summed E-state index contributed by atoms with van der Waals surface area (Å²) in [6, 6.07) is 7.99. The summed E-state index contributed by atoms with van der Waals surface area (Å²) in [5, 5.41) is 6.66. The van der Waals surface area contributed by atoms with Crippen molar-refractivity contribution in [2.24, 2.45) is 4.99 Å². The summed E-state index contributed by atoms with van der Waals surface area (Å²) in [6.45, 7) is 6.35. The summed E-state index contributed by atoms with van der Waals surface area (Å²) in [7, 11) is 4.93. The van der Waals surface area contributed by atoms with Crippen LogP contribution in [0.15, 0.2) is 29.3 Å². The summed E-state index contributed by atoms with van der Waals surface area (Å²) in [6.07, 6.45) is 0.735. The summed E-state index contributed by atoms with van der Waals surface area (Å²) >= 11 is 1.77. The molecule has 0 aliphatic carbocycles. The third-order valence-corrected chi connectivity index (χ3v) is 5.00. The van der Waals surface area contributed by atoms with Gasteiger partial charge in [0.25, 0.3) is 0 Å². The second-order valence-electron chi connectivity index (χ2n) is 5.89. The molecule has 0 saturated carbocycles. The average Bonchev–Trinajstić information content (AvgIpc) is 3.10. The van der Waals surface area contributed by atoms with Gasteiger partial charge < -0.3 is 24.8 Å². The first-order chi connectivity index (χ1) is 13.1. The van der Waals surface area contributed by atoms with Gasteiger partial charge in [0.15, 0.2) is 5.96 Å². The van der Waals surface area contributed by atoms with E-state index in [4.69, 9.17) is 14.2 Å². The number of hydrogen-bond donors (Lipinski definition) is 2. The number of benzene rings is 1. The first kappa shape index (κ1) is 24.4. The van der Waals surface area contributed by atoms with Crippen molar-refractivity contribution < 1.29 is 14.2 Å². The minimum atomic E-state index is 0. The second-order valence-corrected chi connectivity index (χ2v) is 7.27. The number of halogens is 1. The molecule has 0 bridgehead atoms. The lowest BCUT2D eigenvalue weighted by Crippen LogP contribution is -2.38. The van der Waals surface area contributed by atoms with E-state index in [0.29, 0.717) is 18.8 Å². The van der Waals surface area contributed by atoms with Crippen LogP contribution < -0.4 is 24.8 Å². The number of aryl methyl sites for hydroxylation is 1. The molecule has 28 heavy (non-hydrogen) atoms. The maximum absolute atomic E-state index is 5.51. The van der Waals surface area contributed by atoms with Gasteiger partial charge >= 0.3 is 0 Å². The van der Waals surface area contributed by atoms with Gasteiger partial charge in [0, 0.05) is 40.5 Å². The molecule has 0 atom stereocenters. The fourth-order valence-corrected chi connectivity index (χ4v) is 3.51. The standard InChI is InChI=1S/C20H29N3O3S.HI/c1-6-21-20(23-13-16-8-7-14(2)27-16)22-10-9-17-18(25-4)11-15(24-3)12-19(17)26-5;/h7-8,11-12H,6,9-10,13H2,1-5H3,(H2,21,22,23);1H. The number of rotatable bonds is 9. The van der Waals surface area contributed by atoms with Crippen LogP contribution in [-0.4, -0.2) is 40.4 Å². The molecule has 0 saturated heterocycles. The van der Waals surface area contributed by atoms with Crippen molar-refractivity contribution in [3.63, 3.8) is 0 Å². The molecule has 1 heterocycles. The molecule has 8 heteroatoms. The molecule has 0 spiro atoms. The van der Waals surface area contributed by atoms with Crippen LogP contribution in [0.25, 0.3) is 0 Å². The molecule has 0 amide bonds. The van der Waals surface area contributed by atoms with E-state index in [9.17, 15) is 0 Å². The van der Waals surface area contributed by atoms with Crippen LogP contribution in [-0.2, 0) is 13.0 Å². The second kappa shape index (κ2) is 12.7. The van der Waals surface area contributed by atoms with Crippen molar-refractivity contribution in [2.45, 2.75) is 26.8 Å². The van der Waals surface area contributed by atoms with Gasteiger partial charge in [-0.15, -0.1) is 35.3 Å². The average molecular weight is 519 g/mol. The largest absolute Gasteiger partial charge is 0.496 e. The molecule has 0 unspecified atom stereocenters. The molecule has 6 nitrogen and oxygen atoms in total. The summed E-state index contributed by atoms with van der Waals surface area (Å²) in [4.78, 5) is 7.22. The Hall–Kier alpha value is -1.68. The first-order valence-corrected chi connectivity index (χ1v) is 9.79. The zero-order valence-corrected chi connectivity index (χ0v) is 20.3. The Morgan fingerprint density at radius 2 is 1.71 bits per heavy atom. The number of methoxy groups -OCH3 is 3. The Morgan fingerprint density at radius 3 is 2.21 bits per heavy atom. The highest BCUT2D eigenvalue weighted by Crippen LogP contribution is 2.34. The number of ether oxygens (including phenoxy) is 3. The van der Waals surface area contributed by atoms with Crippen LogP contribution in [0, 0.1) is 6.92 Å². The maximum Gasteiger partial charge on any atom is 0.191 e. The van der Waals surface area contributed by atoms with Crippen LogP contribution in [0.2, 0.25) is 0 Å². The first-order valence-electron chi connectivity index (χ1n) is 8.97. The predicted octanol–water partition coefficient (Wildman–Crippen LogP) is 4.00. The van der Waals surface area contributed by atoms with Crippen LogP contribution in [0.1, 0.15) is 22.2 Å². The maximum atomic E-state index is 5.51. The third kappa shape index (κ3) is 7.05. The summed E-state index contributed by atoms with van der Waals surface area (Å²) in [5.74, 6) is 3.02. The van der Waals surface area contributed by atoms with Crippen molar-refractivity contribution >= 4 is 41.3 Å². The van der Waals surface area contributed by atoms with Crippen molar-refractivity contribution in [1.29, 1.82) is 0 Å². The van der Waals surface area contributed by atoms with E-state index in [1.807, 2.05) is 12.1 Å². The molecule has 1 aromatic carbocycles. The Kier molecular flexibility index (Phi) is 11.1. The fourth-order valence-electron chi connectivity index (χ4n) is 2.70. The fraction of sp³-hybridized carbons (Fsp3) is 0.450. The molecule has 0 aliphatic rings. The zero-order chi connectivity index (χ0) is 19.6. The minimum Gasteiger partial charge on any atom is -0.496 e. The lowest BCUT2D eigenvalue weighted by molar-refractivity contribution is 0.368. The molecule has 2 rings (SSSR count). The zero-order valence-electron chi connectivity index (χ0n) is 17.1. The third-order valence-electron chi connectivity index (χ3n) is 4.02. The van der Waals surface area contributed by atoms with Crippen molar-refractivity contribution in [3.8, 4) is 17.2 Å². The number of hydrogen-bond acceptors (Lipinski definition) is 5. The molecule has 0 radical (unpaired) electrons. The highest BCUT2D eigenvalue weighted by Gasteiger charge is 2.13. The lowest BCUT2D eigenvalue weighted by Gasteiger charge is -2.16. The Bertz CT molecular complexity index is 740. The van der Waals surface area contributed by atoms with E-state index in [0.717, 1.165) is 36.0 Å². The molecule has 0 fully saturated rings. The molecule has 2 aromatic rings. The van der Waals surface area contributed by atoms with Crippen molar-refractivity contribution in [3.05, 3.63) is 39.6 Å². The van der Waals surface area contributed by atoms with E-state index in [1.165, 1.54) is 9.75 Å². The van der Waals surface area contributed by atoms with Gasteiger partial charge in [-0.05, 0) is 32.4 Å². The van der Waals surface area contributed by atoms with Gasteiger partial charge in [0.05, 0.1) is 27.9 Å². The lowest BCUT2D eigenvalue weighted by atomic mass is 10.1. The van der Waals surface area contributed by atoms with E-state index >= 15 is 0 Å². The number of nitrogens with zero attached hydrogens (tertiary/aromatic N) is 1. The SMILES string of the molecule is CCNC(=NCc1ccc(C)s1)NCCc1c(OC)cc(OC)cc1OC.I. The van der Waals surface area contributed by atoms with Gasteiger partial charge in [-0.25, -0.2) is 4.99 Å². The smallest absolute Gasteiger partial charge is 0.191 e. The normalized spacial score (nSPS) is 10.8. The van der Waals surface area contributed by atoms with Gasteiger partial charge in [0.2, 0.25) is 0 Å². The molecule has 1 aromatic heterocycles. The van der Waals surface area contributed by atoms with E-state index in [2.05, 4.69) is 41.6 Å². The van der Waals surface area contributed by atoms with Crippen LogP contribution >= 0.6 is 35.3 Å². The summed E-state index contributed by atoms with van der Waals surface area (Å²) < 4.78 is 16.3. The molecular weight excluding hydrogens is 489 g/mol. The van der Waals surface area contributed by atoms with Crippen LogP contribution in [0.4, 0.5) is 0 Å². The van der Waals surface area contributed by atoms with Gasteiger partial charge in [-0.2, -0.15) is 0 Å². The van der Waals surface area contributed by atoms with Gasteiger partial charge in [-0.1, -0.05) is 0 Å². The van der Waals surface area contributed by atoms with Gasteiger partial charge in [0.1, 0.15) is 17.2 Å². The van der Waals surface area contributed by atoms with E-state index in [1.54, 1.807) is 32.7 Å². The monoisotopic (exact) mass is 519 g/mol. The predicted molar refractivity (Wildman–Crippen MR) is 127 cm³/mol. The highest BCUT2D eigenvalue weighted by molar-refractivity contribution is 14.0. The van der Waals surface area contributed by atoms with E-state index < -0.39 is 0 Å². The minimum absolute atomic E-state index is 0. The number of thiophene rings is 1. The van der Waals surface area contributed by atoms with Crippen molar-refractivity contribution in [1.82, 2.24) is 10.6 Å². The highest BCUT2D eigenvalue weighted by atomic mass is 127. The van der Waals surface area contributed by atoms with Crippen LogP contribution in [0.3, 0.4) is 0 Å². The quantitative estimate of drug-likeness (QED) is 0.298.